The van der Waals surface area contributed by atoms with Crippen molar-refractivity contribution in [2.24, 2.45) is 7.05 Å². The zero-order valence-electron chi connectivity index (χ0n) is 18.8. The zero-order valence-corrected chi connectivity index (χ0v) is 18.8. The third kappa shape index (κ3) is 6.57. The van der Waals surface area contributed by atoms with Crippen LogP contribution in [0.1, 0.15) is 47.8 Å². The summed E-state index contributed by atoms with van der Waals surface area (Å²) in [6.07, 6.45) is 6.34. The highest BCUT2D eigenvalue weighted by Crippen LogP contribution is 2.24. The lowest BCUT2D eigenvalue weighted by molar-refractivity contribution is -0.117. The van der Waals surface area contributed by atoms with Gasteiger partial charge in [0.25, 0.3) is 11.8 Å². The molecule has 3 rings (SSSR count). The Kier molecular flexibility index (Phi) is 7.10. The van der Waals surface area contributed by atoms with Gasteiger partial charge in [-0.25, -0.2) is 0 Å². The maximum absolute atomic E-state index is 12.2. The van der Waals surface area contributed by atoms with Crippen LogP contribution in [0.25, 0.3) is 6.08 Å². The van der Waals surface area contributed by atoms with E-state index in [0.717, 1.165) is 16.9 Å². The highest BCUT2D eigenvalue weighted by molar-refractivity contribution is 5.97. The number of nitrogens with zero attached hydrogens (tertiary/aromatic N) is 2. The molecule has 0 radical (unpaired) electrons. The van der Waals surface area contributed by atoms with E-state index in [-0.39, 0.29) is 5.41 Å². The lowest BCUT2D eigenvalue weighted by atomic mass is 9.87. The van der Waals surface area contributed by atoms with Crippen molar-refractivity contribution in [3.8, 4) is 5.75 Å². The Morgan fingerprint density at radius 3 is 2.31 bits per heavy atom. The molecule has 2 aromatic carbocycles. The monoisotopic (exact) mass is 432 g/mol. The first kappa shape index (κ1) is 22.8. The lowest BCUT2D eigenvalue weighted by Crippen LogP contribution is -2.40. The molecule has 3 aromatic rings. The van der Waals surface area contributed by atoms with E-state index in [1.165, 1.54) is 11.6 Å². The molecule has 0 saturated heterocycles. The molecule has 0 atom stereocenters. The average Bonchev–Trinajstić information content (AvgIpc) is 3.19. The Morgan fingerprint density at radius 2 is 1.72 bits per heavy atom. The predicted molar refractivity (Wildman–Crippen MR) is 124 cm³/mol. The van der Waals surface area contributed by atoms with Crippen LogP contribution in [0.3, 0.4) is 0 Å². The third-order valence-corrected chi connectivity index (χ3v) is 4.79. The van der Waals surface area contributed by atoms with Gasteiger partial charge in [-0.05, 0) is 46.9 Å². The quantitative estimate of drug-likeness (QED) is 0.459. The van der Waals surface area contributed by atoms with Gasteiger partial charge in [0.15, 0.2) is 0 Å². The van der Waals surface area contributed by atoms with Crippen molar-refractivity contribution in [2.45, 2.75) is 32.8 Å². The second kappa shape index (κ2) is 9.96. The van der Waals surface area contributed by atoms with Crippen LogP contribution in [-0.2, 0) is 23.9 Å². The summed E-state index contributed by atoms with van der Waals surface area (Å²) in [6, 6.07) is 15.1. The summed E-state index contributed by atoms with van der Waals surface area (Å²) in [4.78, 5) is 24.1. The Morgan fingerprint density at radius 1 is 1.03 bits per heavy atom. The lowest BCUT2D eigenvalue weighted by Gasteiger charge is -2.19. The van der Waals surface area contributed by atoms with Gasteiger partial charge in [0.2, 0.25) is 0 Å². The fourth-order valence-corrected chi connectivity index (χ4v) is 2.90. The Labute approximate surface area is 188 Å². The number of benzene rings is 2. The highest BCUT2D eigenvalue weighted by Gasteiger charge is 2.13. The highest BCUT2D eigenvalue weighted by atomic mass is 16.5. The van der Waals surface area contributed by atoms with Crippen molar-refractivity contribution < 1.29 is 14.3 Å². The summed E-state index contributed by atoms with van der Waals surface area (Å²) in [6.45, 7) is 6.91. The summed E-state index contributed by atoms with van der Waals surface area (Å²) in [5.41, 5.74) is 8.26. The molecule has 0 aliphatic rings. The van der Waals surface area contributed by atoms with Gasteiger partial charge in [-0.15, -0.1) is 0 Å². The maximum Gasteiger partial charge on any atom is 0.269 e. The first-order valence-electron chi connectivity index (χ1n) is 10.3. The van der Waals surface area contributed by atoms with Gasteiger partial charge in [-0.2, -0.15) is 5.10 Å². The van der Waals surface area contributed by atoms with E-state index in [9.17, 15) is 9.59 Å². The first-order chi connectivity index (χ1) is 15.2. The van der Waals surface area contributed by atoms with Crippen molar-refractivity contribution >= 4 is 17.9 Å². The number of nitrogens with one attached hydrogen (secondary N) is 2. The minimum atomic E-state index is -0.440. The number of rotatable bonds is 6. The molecule has 7 heteroatoms. The predicted octanol–water partition coefficient (Wildman–Crippen LogP) is 3.77. The molecular formula is C25H28N4O3. The number of amides is 2. The van der Waals surface area contributed by atoms with Crippen molar-refractivity contribution in [3.63, 3.8) is 0 Å². The van der Waals surface area contributed by atoms with Gasteiger partial charge in [0, 0.05) is 30.4 Å². The van der Waals surface area contributed by atoms with Gasteiger partial charge in [-0.3, -0.25) is 25.1 Å². The molecule has 0 aliphatic carbocycles. The molecule has 166 valence electrons. The number of aromatic nitrogens is 2. The van der Waals surface area contributed by atoms with Crippen LogP contribution in [0, 0.1) is 0 Å². The number of hydrazine groups is 1. The molecule has 2 N–H and O–H groups in total. The van der Waals surface area contributed by atoms with E-state index >= 15 is 0 Å². The molecule has 0 spiro atoms. The molecule has 1 heterocycles. The van der Waals surface area contributed by atoms with E-state index in [0.29, 0.717) is 12.2 Å². The van der Waals surface area contributed by atoms with Crippen LogP contribution in [-0.4, -0.2) is 21.6 Å². The summed E-state index contributed by atoms with van der Waals surface area (Å²) in [7, 11) is 1.79. The second-order valence-electron chi connectivity index (χ2n) is 8.48. The van der Waals surface area contributed by atoms with Crippen LogP contribution < -0.4 is 15.6 Å². The molecule has 7 nitrogen and oxygen atoms in total. The second-order valence-corrected chi connectivity index (χ2v) is 8.48. The smallest absolute Gasteiger partial charge is 0.269 e. The molecule has 1 aromatic heterocycles. The number of aryl methyl sites for hydroxylation is 1. The van der Waals surface area contributed by atoms with Crippen molar-refractivity contribution in [2.75, 3.05) is 0 Å². The summed E-state index contributed by atoms with van der Waals surface area (Å²) < 4.78 is 7.47. The van der Waals surface area contributed by atoms with Crippen LogP contribution in [0.4, 0.5) is 0 Å². The number of carbonyl (C=O) groups is 2. The van der Waals surface area contributed by atoms with Crippen molar-refractivity contribution in [1.29, 1.82) is 0 Å². The van der Waals surface area contributed by atoms with Gasteiger partial charge >= 0.3 is 0 Å². The maximum atomic E-state index is 12.2. The minimum absolute atomic E-state index is 0.101. The molecule has 0 fully saturated rings. The number of ether oxygens (including phenoxy) is 1. The van der Waals surface area contributed by atoms with Gasteiger partial charge < -0.3 is 4.74 Å². The molecule has 2 amide bonds. The molecular weight excluding hydrogens is 404 g/mol. The van der Waals surface area contributed by atoms with Crippen molar-refractivity contribution in [1.82, 2.24) is 20.6 Å². The Bertz CT molecular complexity index is 1090. The molecule has 0 saturated carbocycles. The third-order valence-electron chi connectivity index (χ3n) is 4.79. The topological polar surface area (TPSA) is 85.2 Å². The average molecular weight is 433 g/mol. The SMILES string of the molecule is Cn1cc(/C=C/C(=O)NNC(=O)c2ccc(COc3ccc(C(C)(C)C)cc3)cc2)cn1. The molecule has 0 aliphatic heterocycles. The Balaban J connectivity index is 1.46. The largest absolute Gasteiger partial charge is 0.489 e. The van der Waals surface area contributed by atoms with Gasteiger partial charge in [0.05, 0.1) is 6.20 Å². The van der Waals surface area contributed by atoms with Gasteiger partial charge in [-0.1, -0.05) is 45.0 Å². The van der Waals surface area contributed by atoms with Crippen LogP contribution in [0.2, 0.25) is 0 Å². The number of hydrogen-bond donors (Lipinski definition) is 2. The molecule has 32 heavy (non-hydrogen) atoms. The van der Waals surface area contributed by atoms with Crippen LogP contribution >= 0.6 is 0 Å². The standard InChI is InChI=1S/C25H28N4O3/c1-25(2,3)21-10-12-22(13-11-21)32-17-18-5-8-20(9-6-18)24(31)28-27-23(30)14-7-19-15-26-29(4)16-19/h5-16H,17H2,1-4H3,(H,27,30)(H,28,31)/b14-7+. The minimum Gasteiger partial charge on any atom is -0.489 e. The normalized spacial score (nSPS) is 11.4. The van der Waals surface area contributed by atoms with E-state index < -0.39 is 11.8 Å². The number of hydrogen-bond acceptors (Lipinski definition) is 4. The first-order valence-corrected chi connectivity index (χ1v) is 10.3. The van der Waals surface area contributed by atoms with Gasteiger partial charge in [0.1, 0.15) is 12.4 Å². The van der Waals surface area contributed by atoms with E-state index in [2.05, 4.69) is 48.9 Å². The summed E-state index contributed by atoms with van der Waals surface area (Å²) in [5.74, 6) is -0.0510. The van der Waals surface area contributed by atoms with Crippen LogP contribution in [0.5, 0.6) is 5.75 Å². The molecule has 0 bridgehead atoms. The zero-order chi connectivity index (χ0) is 23.1. The number of carbonyl (C=O) groups excluding carboxylic acids is 2. The van der Waals surface area contributed by atoms with E-state index in [1.54, 1.807) is 42.3 Å². The molecule has 0 unspecified atom stereocenters. The van der Waals surface area contributed by atoms with E-state index in [4.69, 9.17) is 4.74 Å². The van der Waals surface area contributed by atoms with Crippen molar-refractivity contribution in [3.05, 3.63) is 89.3 Å². The van der Waals surface area contributed by atoms with Crippen LogP contribution in [0.15, 0.2) is 67.0 Å². The fraction of sp³-hybridized carbons (Fsp3) is 0.240. The fourth-order valence-electron chi connectivity index (χ4n) is 2.90. The Hall–Kier alpha value is -3.87. The summed E-state index contributed by atoms with van der Waals surface area (Å²) in [5, 5.41) is 4.01. The summed E-state index contributed by atoms with van der Waals surface area (Å²) >= 11 is 0. The van der Waals surface area contributed by atoms with E-state index in [1.807, 2.05) is 24.3 Å².